The van der Waals surface area contributed by atoms with Crippen molar-refractivity contribution in [2.75, 3.05) is 20.3 Å². The predicted molar refractivity (Wildman–Crippen MR) is 101 cm³/mol. The fraction of sp³-hybridized carbons (Fsp3) is 0.316. The van der Waals surface area contributed by atoms with E-state index in [4.69, 9.17) is 9.72 Å². The number of hydrogen-bond donors (Lipinski definition) is 2. The summed E-state index contributed by atoms with van der Waals surface area (Å²) in [6.45, 7) is 2.93. The first-order valence-corrected chi connectivity index (χ1v) is 8.78. The molecule has 0 atom stereocenters. The fourth-order valence-corrected chi connectivity index (χ4v) is 3.08. The third kappa shape index (κ3) is 3.44. The lowest BCUT2D eigenvalue weighted by molar-refractivity contribution is 0.194. The molecule has 0 saturated heterocycles. The summed E-state index contributed by atoms with van der Waals surface area (Å²) in [6.07, 6.45) is 2.77. The van der Waals surface area contributed by atoms with Gasteiger partial charge in [-0.3, -0.25) is 0 Å². The van der Waals surface area contributed by atoms with Crippen molar-refractivity contribution in [3.8, 4) is 0 Å². The highest BCUT2D eigenvalue weighted by atomic mass is 16.5. The van der Waals surface area contributed by atoms with Gasteiger partial charge in [0.25, 0.3) is 0 Å². The lowest BCUT2D eigenvalue weighted by Crippen LogP contribution is -2.19. The molecule has 0 aliphatic rings. The van der Waals surface area contributed by atoms with Crippen molar-refractivity contribution in [2.24, 2.45) is 0 Å². The topological polar surface area (TPSA) is 80.7 Å². The fourth-order valence-electron chi connectivity index (χ4n) is 3.08. The summed E-state index contributed by atoms with van der Waals surface area (Å²) < 4.78 is 7.21. The van der Waals surface area contributed by atoms with Crippen molar-refractivity contribution >= 4 is 22.2 Å². The number of imidazole rings is 2. The third-order valence-corrected chi connectivity index (χ3v) is 4.31. The van der Waals surface area contributed by atoms with Gasteiger partial charge in [0.1, 0.15) is 17.2 Å². The Hall–Kier alpha value is -2.77. The van der Waals surface area contributed by atoms with E-state index >= 15 is 0 Å². The molecule has 1 aromatic carbocycles. The van der Waals surface area contributed by atoms with E-state index in [-0.39, 0.29) is 0 Å². The van der Waals surface area contributed by atoms with Crippen LogP contribution in [0.5, 0.6) is 0 Å². The number of aromatic nitrogens is 5. The van der Waals surface area contributed by atoms with Gasteiger partial charge in [-0.25, -0.2) is 15.0 Å². The average molecular weight is 350 g/mol. The van der Waals surface area contributed by atoms with Crippen LogP contribution in [-0.2, 0) is 17.8 Å². The van der Waals surface area contributed by atoms with Crippen molar-refractivity contribution in [1.82, 2.24) is 29.8 Å². The highest BCUT2D eigenvalue weighted by Crippen LogP contribution is 2.17. The Morgan fingerprint density at radius 2 is 2.00 bits per heavy atom. The zero-order valence-electron chi connectivity index (χ0n) is 14.8. The zero-order valence-corrected chi connectivity index (χ0v) is 14.8. The summed E-state index contributed by atoms with van der Waals surface area (Å²) in [7, 11) is 1.72. The SMILES string of the molecule is COCCCNCc1nc2cccnc2n1Cc1nc2ccccc2[nH]1. The Morgan fingerprint density at radius 1 is 1.12 bits per heavy atom. The van der Waals surface area contributed by atoms with E-state index < -0.39 is 0 Å². The summed E-state index contributed by atoms with van der Waals surface area (Å²) in [5.74, 6) is 1.85. The maximum atomic E-state index is 5.09. The van der Waals surface area contributed by atoms with Gasteiger partial charge in [0, 0.05) is 19.9 Å². The van der Waals surface area contributed by atoms with Gasteiger partial charge in [-0.1, -0.05) is 12.1 Å². The van der Waals surface area contributed by atoms with Crippen LogP contribution in [0.4, 0.5) is 0 Å². The van der Waals surface area contributed by atoms with E-state index in [9.17, 15) is 0 Å². The van der Waals surface area contributed by atoms with Gasteiger partial charge in [-0.05, 0) is 37.2 Å². The second-order valence-corrected chi connectivity index (χ2v) is 6.18. The van der Waals surface area contributed by atoms with E-state index in [1.54, 1.807) is 13.3 Å². The molecule has 0 aliphatic heterocycles. The Morgan fingerprint density at radius 3 is 2.88 bits per heavy atom. The van der Waals surface area contributed by atoms with Gasteiger partial charge in [-0.15, -0.1) is 0 Å². The zero-order chi connectivity index (χ0) is 17.8. The monoisotopic (exact) mass is 350 g/mol. The lowest BCUT2D eigenvalue weighted by Gasteiger charge is -2.08. The van der Waals surface area contributed by atoms with E-state index in [1.807, 2.05) is 36.4 Å². The first-order chi connectivity index (χ1) is 12.8. The molecule has 0 unspecified atom stereocenters. The summed E-state index contributed by atoms with van der Waals surface area (Å²) in [6, 6.07) is 12.0. The molecule has 4 aromatic rings. The number of ether oxygens (including phenoxy) is 1. The number of H-pyrrole nitrogens is 1. The molecular formula is C19H22N6O. The molecule has 3 heterocycles. The minimum atomic E-state index is 0.608. The highest BCUT2D eigenvalue weighted by Gasteiger charge is 2.13. The molecule has 0 radical (unpaired) electrons. The van der Waals surface area contributed by atoms with Crippen LogP contribution < -0.4 is 5.32 Å². The number of nitrogens with one attached hydrogen (secondary N) is 2. The number of pyridine rings is 1. The molecule has 7 heteroatoms. The number of rotatable bonds is 8. The molecular weight excluding hydrogens is 328 g/mol. The smallest absolute Gasteiger partial charge is 0.160 e. The quantitative estimate of drug-likeness (QED) is 0.477. The van der Waals surface area contributed by atoms with Gasteiger partial charge in [0.15, 0.2) is 5.65 Å². The molecule has 2 N–H and O–H groups in total. The highest BCUT2D eigenvalue weighted by molar-refractivity contribution is 5.75. The molecule has 7 nitrogen and oxygen atoms in total. The summed E-state index contributed by atoms with van der Waals surface area (Å²) in [5, 5.41) is 3.43. The number of aromatic amines is 1. The van der Waals surface area contributed by atoms with Crippen LogP contribution in [0.25, 0.3) is 22.2 Å². The van der Waals surface area contributed by atoms with E-state index in [0.29, 0.717) is 13.1 Å². The number of para-hydroxylation sites is 2. The standard InChI is InChI=1S/C19H22N6O/c1-26-11-5-9-20-12-18-24-16-8-4-10-21-19(16)25(18)13-17-22-14-6-2-3-7-15(14)23-17/h2-4,6-8,10,20H,5,9,11-13H2,1H3,(H,22,23). The minimum absolute atomic E-state index is 0.608. The molecule has 4 rings (SSSR count). The molecule has 0 saturated carbocycles. The van der Waals surface area contributed by atoms with E-state index in [0.717, 1.165) is 53.4 Å². The van der Waals surface area contributed by atoms with Crippen molar-refractivity contribution in [1.29, 1.82) is 0 Å². The number of fused-ring (bicyclic) bond motifs is 2. The van der Waals surface area contributed by atoms with Crippen molar-refractivity contribution in [3.63, 3.8) is 0 Å². The Bertz CT molecular complexity index is 973. The van der Waals surface area contributed by atoms with Gasteiger partial charge in [-0.2, -0.15) is 0 Å². The molecule has 3 aromatic heterocycles. The summed E-state index contributed by atoms with van der Waals surface area (Å²) >= 11 is 0. The molecule has 134 valence electrons. The second-order valence-electron chi connectivity index (χ2n) is 6.18. The van der Waals surface area contributed by atoms with Crippen LogP contribution in [-0.4, -0.2) is 44.8 Å². The summed E-state index contributed by atoms with van der Waals surface area (Å²) in [4.78, 5) is 17.3. The van der Waals surface area contributed by atoms with Crippen LogP contribution in [0.15, 0.2) is 42.6 Å². The van der Waals surface area contributed by atoms with Crippen LogP contribution in [0.3, 0.4) is 0 Å². The van der Waals surface area contributed by atoms with Gasteiger partial charge in [0.2, 0.25) is 0 Å². The van der Waals surface area contributed by atoms with Crippen LogP contribution >= 0.6 is 0 Å². The van der Waals surface area contributed by atoms with Crippen molar-refractivity contribution in [3.05, 3.63) is 54.2 Å². The minimum Gasteiger partial charge on any atom is -0.385 e. The number of nitrogens with zero attached hydrogens (tertiary/aromatic N) is 4. The normalized spacial score (nSPS) is 11.6. The maximum absolute atomic E-state index is 5.09. The second kappa shape index (κ2) is 7.63. The molecule has 0 amide bonds. The Balaban J connectivity index is 1.60. The van der Waals surface area contributed by atoms with Crippen LogP contribution in [0.1, 0.15) is 18.1 Å². The van der Waals surface area contributed by atoms with Gasteiger partial charge < -0.3 is 19.6 Å². The number of methoxy groups -OCH3 is 1. The summed E-state index contributed by atoms with van der Waals surface area (Å²) in [5.41, 5.74) is 3.79. The van der Waals surface area contributed by atoms with Gasteiger partial charge >= 0.3 is 0 Å². The lowest BCUT2D eigenvalue weighted by atomic mass is 10.3. The Kier molecular flexibility index (Phi) is 4.90. The number of hydrogen-bond acceptors (Lipinski definition) is 5. The molecule has 26 heavy (non-hydrogen) atoms. The largest absolute Gasteiger partial charge is 0.385 e. The first kappa shape index (κ1) is 16.7. The molecule has 0 spiro atoms. The average Bonchev–Trinajstić information content (AvgIpc) is 3.23. The van der Waals surface area contributed by atoms with Crippen molar-refractivity contribution < 1.29 is 4.74 Å². The van der Waals surface area contributed by atoms with E-state index in [1.165, 1.54) is 0 Å². The first-order valence-electron chi connectivity index (χ1n) is 8.78. The van der Waals surface area contributed by atoms with Gasteiger partial charge in [0.05, 0.1) is 24.1 Å². The molecule has 0 fully saturated rings. The van der Waals surface area contributed by atoms with Crippen molar-refractivity contribution in [2.45, 2.75) is 19.5 Å². The predicted octanol–water partition coefficient (Wildman–Crippen LogP) is 2.48. The third-order valence-electron chi connectivity index (χ3n) is 4.31. The number of benzene rings is 1. The van der Waals surface area contributed by atoms with Crippen LogP contribution in [0, 0.1) is 0 Å². The van der Waals surface area contributed by atoms with E-state index in [2.05, 4.69) is 24.8 Å². The molecule has 0 aliphatic carbocycles. The maximum Gasteiger partial charge on any atom is 0.160 e. The van der Waals surface area contributed by atoms with Crippen LogP contribution in [0.2, 0.25) is 0 Å². The Labute approximate surface area is 151 Å². The molecule has 0 bridgehead atoms.